The largest absolute Gasteiger partial charge is 0.463 e. The minimum absolute atomic E-state index is 0.0614. The van der Waals surface area contributed by atoms with Crippen LogP contribution in [0.25, 0.3) is 0 Å². The summed E-state index contributed by atoms with van der Waals surface area (Å²) in [6, 6.07) is 0. The van der Waals surface area contributed by atoms with Crippen LogP contribution < -0.4 is 0 Å². The summed E-state index contributed by atoms with van der Waals surface area (Å²) in [5, 5.41) is 0. The second-order valence-corrected chi connectivity index (χ2v) is 5.35. The summed E-state index contributed by atoms with van der Waals surface area (Å²) in [6.07, 6.45) is 10.3. The van der Waals surface area contributed by atoms with Crippen molar-refractivity contribution >= 4 is 5.97 Å². The van der Waals surface area contributed by atoms with Crippen LogP contribution in [0, 0.1) is 0 Å². The quantitative estimate of drug-likeness (QED) is 0.464. The van der Waals surface area contributed by atoms with Gasteiger partial charge in [0.15, 0.2) is 0 Å². The van der Waals surface area contributed by atoms with Crippen LogP contribution in [0.15, 0.2) is 0 Å². The number of carbonyl (C=O) groups is 1. The number of hydrogen-bond acceptors (Lipinski definition) is 3. The second kappa shape index (κ2) is 9.37. The van der Waals surface area contributed by atoms with Crippen molar-refractivity contribution in [3.8, 4) is 0 Å². The van der Waals surface area contributed by atoms with E-state index in [0.29, 0.717) is 19.1 Å². The molecule has 2 unspecified atom stereocenters. The lowest BCUT2D eigenvalue weighted by molar-refractivity contribution is -0.147. The van der Waals surface area contributed by atoms with Gasteiger partial charge < -0.3 is 9.47 Å². The van der Waals surface area contributed by atoms with Crippen molar-refractivity contribution < 1.29 is 14.3 Å². The molecule has 1 rings (SSSR count). The maximum Gasteiger partial charge on any atom is 0.305 e. The normalized spacial score (nSPS) is 23.2. The molecule has 106 valence electrons. The van der Waals surface area contributed by atoms with E-state index in [4.69, 9.17) is 9.47 Å². The van der Waals surface area contributed by atoms with E-state index in [0.717, 1.165) is 25.7 Å². The van der Waals surface area contributed by atoms with Gasteiger partial charge in [-0.15, -0.1) is 0 Å². The Morgan fingerprint density at radius 2 is 1.89 bits per heavy atom. The van der Waals surface area contributed by atoms with Gasteiger partial charge in [0.2, 0.25) is 0 Å². The molecule has 18 heavy (non-hydrogen) atoms. The third-order valence-electron chi connectivity index (χ3n) is 3.48. The zero-order chi connectivity index (χ0) is 13.2. The SMILES string of the molecule is CCCCCCCCC(=O)OCC1CCC(C)O1. The first-order valence-electron chi connectivity index (χ1n) is 7.53. The first-order chi connectivity index (χ1) is 8.72. The molecule has 3 nitrogen and oxygen atoms in total. The van der Waals surface area contributed by atoms with E-state index in [-0.39, 0.29) is 12.1 Å². The standard InChI is InChI=1S/C15H28O3/c1-3-4-5-6-7-8-9-15(16)17-12-14-11-10-13(2)18-14/h13-14H,3-12H2,1-2H3. The number of esters is 1. The molecule has 1 saturated heterocycles. The Balaban J connectivity index is 1.91. The Labute approximate surface area is 111 Å². The van der Waals surface area contributed by atoms with E-state index in [2.05, 4.69) is 13.8 Å². The Hall–Kier alpha value is -0.570. The summed E-state index contributed by atoms with van der Waals surface area (Å²) in [7, 11) is 0. The first-order valence-corrected chi connectivity index (χ1v) is 7.53. The van der Waals surface area contributed by atoms with E-state index in [9.17, 15) is 4.79 Å². The van der Waals surface area contributed by atoms with Gasteiger partial charge in [0.1, 0.15) is 6.61 Å². The highest BCUT2D eigenvalue weighted by molar-refractivity contribution is 5.69. The lowest BCUT2D eigenvalue weighted by atomic mass is 10.1. The number of unbranched alkanes of at least 4 members (excludes halogenated alkanes) is 5. The van der Waals surface area contributed by atoms with Gasteiger partial charge in [-0.1, -0.05) is 39.0 Å². The molecule has 3 heteroatoms. The Morgan fingerprint density at radius 1 is 1.17 bits per heavy atom. The molecule has 0 aliphatic carbocycles. The number of rotatable bonds is 9. The molecule has 0 aromatic carbocycles. The van der Waals surface area contributed by atoms with Gasteiger partial charge in [-0.05, 0) is 26.2 Å². The number of carbonyl (C=O) groups excluding carboxylic acids is 1. The van der Waals surface area contributed by atoms with Crippen molar-refractivity contribution in [3.63, 3.8) is 0 Å². The van der Waals surface area contributed by atoms with Crippen LogP contribution in [0.4, 0.5) is 0 Å². The van der Waals surface area contributed by atoms with Crippen molar-refractivity contribution in [2.24, 2.45) is 0 Å². The van der Waals surface area contributed by atoms with Gasteiger partial charge in [0, 0.05) is 6.42 Å². The van der Waals surface area contributed by atoms with Crippen molar-refractivity contribution in [2.75, 3.05) is 6.61 Å². The van der Waals surface area contributed by atoms with Crippen LogP contribution in [-0.4, -0.2) is 24.8 Å². The highest BCUT2D eigenvalue weighted by Gasteiger charge is 2.22. The van der Waals surface area contributed by atoms with E-state index < -0.39 is 0 Å². The third-order valence-corrected chi connectivity index (χ3v) is 3.48. The summed E-state index contributed by atoms with van der Waals surface area (Å²) >= 11 is 0. The minimum atomic E-state index is -0.0614. The molecule has 1 aliphatic rings. The molecule has 0 amide bonds. The zero-order valence-corrected chi connectivity index (χ0v) is 12.0. The summed E-state index contributed by atoms with van der Waals surface area (Å²) < 4.78 is 10.8. The van der Waals surface area contributed by atoms with Gasteiger partial charge in [-0.3, -0.25) is 4.79 Å². The Bertz CT molecular complexity index is 228. The van der Waals surface area contributed by atoms with Crippen LogP contribution in [0.5, 0.6) is 0 Å². The predicted molar refractivity (Wildman–Crippen MR) is 72.5 cm³/mol. The van der Waals surface area contributed by atoms with Crippen LogP contribution >= 0.6 is 0 Å². The number of hydrogen-bond donors (Lipinski definition) is 0. The monoisotopic (exact) mass is 256 g/mol. The maximum atomic E-state index is 11.5. The second-order valence-electron chi connectivity index (χ2n) is 5.35. The average molecular weight is 256 g/mol. The van der Waals surface area contributed by atoms with Crippen molar-refractivity contribution in [3.05, 3.63) is 0 Å². The minimum Gasteiger partial charge on any atom is -0.463 e. The van der Waals surface area contributed by atoms with Crippen LogP contribution in [-0.2, 0) is 14.3 Å². The lowest BCUT2D eigenvalue weighted by Crippen LogP contribution is -2.18. The maximum absolute atomic E-state index is 11.5. The molecule has 1 fully saturated rings. The topological polar surface area (TPSA) is 35.5 Å². The van der Waals surface area contributed by atoms with Crippen molar-refractivity contribution in [2.45, 2.75) is 83.8 Å². The molecule has 0 aromatic rings. The third kappa shape index (κ3) is 7.00. The first kappa shape index (κ1) is 15.5. The van der Waals surface area contributed by atoms with Gasteiger partial charge in [-0.25, -0.2) is 0 Å². The molecule has 0 aromatic heterocycles. The molecule has 0 N–H and O–H groups in total. The van der Waals surface area contributed by atoms with Gasteiger partial charge >= 0.3 is 5.97 Å². The van der Waals surface area contributed by atoms with Gasteiger partial charge in [0.25, 0.3) is 0 Å². The summed E-state index contributed by atoms with van der Waals surface area (Å²) in [5.74, 6) is -0.0614. The highest BCUT2D eigenvalue weighted by atomic mass is 16.6. The molecule has 0 saturated carbocycles. The fraction of sp³-hybridized carbons (Fsp3) is 0.933. The van der Waals surface area contributed by atoms with E-state index >= 15 is 0 Å². The fourth-order valence-electron chi connectivity index (χ4n) is 2.32. The summed E-state index contributed by atoms with van der Waals surface area (Å²) in [5.41, 5.74) is 0. The average Bonchev–Trinajstić information content (AvgIpc) is 2.77. The van der Waals surface area contributed by atoms with E-state index in [1.165, 1.54) is 25.7 Å². The van der Waals surface area contributed by atoms with Crippen LogP contribution in [0.3, 0.4) is 0 Å². The predicted octanol–water partition coefficient (Wildman–Crippen LogP) is 3.85. The fourth-order valence-corrected chi connectivity index (χ4v) is 2.32. The van der Waals surface area contributed by atoms with E-state index in [1.807, 2.05) is 0 Å². The van der Waals surface area contributed by atoms with Crippen LogP contribution in [0.2, 0.25) is 0 Å². The van der Waals surface area contributed by atoms with Gasteiger partial charge in [-0.2, -0.15) is 0 Å². The van der Waals surface area contributed by atoms with E-state index in [1.54, 1.807) is 0 Å². The Kier molecular flexibility index (Phi) is 8.06. The molecule has 0 spiro atoms. The molecule has 2 atom stereocenters. The smallest absolute Gasteiger partial charge is 0.305 e. The molecular formula is C15H28O3. The zero-order valence-electron chi connectivity index (χ0n) is 12.0. The van der Waals surface area contributed by atoms with Gasteiger partial charge in [0.05, 0.1) is 12.2 Å². The molecular weight excluding hydrogens is 228 g/mol. The highest BCUT2D eigenvalue weighted by Crippen LogP contribution is 2.19. The number of ether oxygens (including phenoxy) is 2. The Morgan fingerprint density at radius 3 is 2.56 bits per heavy atom. The lowest BCUT2D eigenvalue weighted by Gasteiger charge is -2.11. The summed E-state index contributed by atoms with van der Waals surface area (Å²) in [6.45, 7) is 4.72. The molecule has 0 bridgehead atoms. The molecule has 1 aliphatic heterocycles. The summed E-state index contributed by atoms with van der Waals surface area (Å²) in [4.78, 5) is 11.5. The van der Waals surface area contributed by atoms with Crippen LogP contribution in [0.1, 0.15) is 71.6 Å². The molecule has 0 radical (unpaired) electrons. The van der Waals surface area contributed by atoms with Crippen molar-refractivity contribution in [1.29, 1.82) is 0 Å². The molecule has 1 heterocycles. The van der Waals surface area contributed by atoms with Crippen molar-refractivity contribution in [1.82, 2.24) is 0 Å².